The Balaban J connectivity index is 1.73. The zero-order chi connectivity index (χ0) is 41.4. The van der Waals surface area contributed by atoms with Gasteiger partial charge in [0, 0.05) is 32.2 Å². The number of benzene rings is 2. The van der Waals surface area contributed by atoms with Gasteiger partial charge in [0.2, 0.25) is 5.95 Å². The molecule has 306 valence electrons. The summed E-state index contributed by atoms with van der Waals surface area (Å²) in [5, 5.41) is 12.0. The third-order valence-electron chi connectivity index (χ3n) is 8.44. The van der Waals surface area contributed by atoms with E-state index in [1.165, 1.54) is 30.0 Å². The smallest absolute Gasteiger partial charge is 0.416 e. The molecule has 0 bridgehead atoms. The van der Waals surface area contributed by atoms with Crippen LogP contribution in [0.15, 0.2) is 42.6 Å². The molecule has 0 saturated heterocycles. The van der Waals surface area contributed by atoms with E-state index in [9.17, 15) is 53.9 Å². The van der Waals surface area contributed by atoms with Crippen LogP contribution in [-0.4, -0.2) is 65.1 Å². The average molecular weight is 809 g/mol. The molecule has 0 unspecified atom stereocenters. The maximum Gasteiger partial charge on any atom is 0.416 e. The van der Waals surface area contributed by atoms with Gasteiger partial charge in [0.25, 0.3) is 0 Å². The second-order valence-electron chi connectivity index (χ2n) is 12.8. The van der Waals surface area contributed by atoms with Crippen LogP contribution in [0.2, 0.25) is 0 Å². The van der Waals surface area contributed by atoms with Crippen molar-refractivity contribution >= 4 is 29.7 Å². The minimum absolute atomic E-state index is 0.0147. The number of alkyl halides is 9. The van der Waals surface area contributed by atoms with Crippen molar-refractivity contribution in [3.8, 4) is 5.75 Å². The number of aliphatic carboxylic acids is 1. The lowest BCUT2D eigenvalue weighted by molar-refractivity contribution is -0.143. The van der Waals surface area contributed by atoms with Crippen molar-refractivity contribution in [1.29, 1.82) is 0 Å². The van der Waals surface area contributed by atoms with E-state index in [0.29, 0.717) is 18.6 Å². The van der Waals surface area contributed by atoms with Crippen LogP contribution < -0.4 is 15.0 Å². The van der Waals surface area contributed by atoms with Gasteiger partial charge in [-0.1, -0.05) is 19.1 Å². The molecule has 2 atom stereocenters. The van der Waals surface area contributed by atoms with E-state index in [2.05, 4.69) is 15.3 Å². The Morgan fingerprint density at radius 3 is 2.14 bits per heavy atom. The third kappa shape index (κ3) is 12.4. The van der Waals surface area contributed by atoms with Crippen molar-refractivity contribution in [3.05, 3.63) is 76.1 Å². The Hall–Kier alpha value is -5.30. The van der Waals surface area contributed by atoms with Gasteiger partial charge in [-0.25, -0.2) is 14.8 Å². The molecule has 1 amide bonds. The summed E-state index contributed by atoms with van der Waals surface area (Å²) in [4.78, 5) is 45.2. The Morgan fingerprint density at radius 1 is 0.893 bits per heavy atom. The van der Waals surface area contributed by atoms with Crippen molar-refractivity contribution in [2.45, 2.75) is 89.4 Å². The van der Waals surface area contributed by atoms with Gasteiger partial charge >= 0.3 is 36.6 Å². The Bertz CT molecular complexity index is 1840. The maximum absolute atomic E-state index is 13.7. The van der Waals surface area contributed by atoms with Crippen LogP contribution in [0.4, 0.5) is 55.9 Å². The highest BCUT2D eigenvalue weighted by Gasteiger charge is 2.39. The molecular weight excluding hydrogens is 771 g/mol. The summed E-state index contributed by atoms with van der Waals surface area (Å²) >= 11 is 0. The van der Waals surface area contributed by atoms with Gasteiger partial charge in [0.1, 0.15) is 0 Å². The number of carbonyl (C=O) groups excluding carboxylic acids is 2. The quantitative estimate of drug-likeness (QED) is 0.0871. The SMILES string of the molecule is CC[C@@H]1C[C@H](Nc2ncc(OCCCC(=O)O)c(Cc3cc(C(F)(F)F)cc(C(F)(F)F)c3)n2)c2cc(CC(F)(F)F)ccc2N1C(=O)OCCCOC(C)=O. The van der Waals surface area contributed by atoms with Crippen LogP contribution in [-0.2, 0) is 44.3 Å². The van der Waals surface area contributed by atoms with Crippen molar-refractivity contribution in [2.24, 2.45) is 0 Å². The van der Waals surface area contributed by atoms with Gasteiger partial charge in [0.15, 0.2) is 5.75 Å². The molecule has 0 spiro atoms. The van der Waals surface area contributed by atoms with Crippen LogP contribution in [0.5, 0.6) is 5.75 Å². The van der Waals surface area contributed by atoms with E-state index in [0.717, 1.165) is 6.20 Å². The number of aromatic nitrogens is 2. The molecule has 2 N–H and O–H groups in total. The molecule has 1 aromatic heterocycles. The molecule has 1 aliphatic heterocycles. The predicted molar refractivity (Wildman–Crippen MR) is 180 cm³/mol. The first-order valence-corrected chi connectivity index (χ1v) is 17.2. The first-order valence-electron chi connectivity index (χ1n) is 17.2. The Labute approximate surface area is 314 Å². The topological polar surface area (TPSA) is 140 Å². The average Bonchev–Trinajstić information content (AvgIpc) is 3.08. The van der Waals surface area contributed by atoms with E-state index >= 15 is 0 Å². The molecule has 56 heavy (non-hydrogen) atoms. The fourth-order valence-electron chi connectivity index (χ4n) is 5.98. The molecule has 0 radical (unpaired) electrons. The highest BCUT2D eigenvalue weighted by Crippen LogP contribution is 2.42. The third-order valence-corrected chi connectivity index (χ3v) is 8.44. The number of carboxylic acid groups (broad SMARTS) is 1. The molecule has 11 nitrogen and oxygen atoms in total. The molecule has 0 saturated carbocycles. The van der Waals surface area contributed by atoms with E-state index < -0.39 is 78.2 Å². The molecule has 4 rings (SSSR count). The van der Waals surface area contributed by atoms with Crippen LogP contribution in [0.3, 0.4) is 0 Å². The van der Waals surface area contributed by atoms with Crippen molar-refractivity contribution in [2.75, 3.05) is 30.0 Å². The van der Waals surface area contributed by atoms with Crippen LogP contribution >= 0.6 is 0 Å². The van der Waals surface area contributed by atoms with Gasteiger partial charge in [0.05, 0.1) is 61.0 Å². The Morgan fingerprint density at radius 2 is 1.55 bits per heavy atom. The number of carboxylic acids is 1. The van der Waals surface area contributed by atoms with Gasteiger partial charge < -0.3 is 24.6 Å². The molecule has 0 aliphatic carbocycles. The van der Waals surface area contributed by atoms with Gasteiger partial charge in [-0.05, 0) is 60.2 Å². The summed E-state index contributed by atoms with van der Waals surface area (Å²) in [6.07, 6.45) is -16.3. The number of amides is 1. The van der Waals surface area contributed by atoms with E-state index in [4.69, 9.17) is 19.3 Å². The normalized spacial score (nSPS) is 15.9. The van der Waals surface area contributed by atoms with Crippen molar-refractivity contribution in [1.82, 2.24) is 9.97 Å². The van der Waals surface area contributed by atoms with Crippen LogP contribution in [0.1, 0.15) is 85.5 Å². The number of hydrogen-bond acceptors (Lipinski definition) is 9. The number of ether oxygens (including phenoxy) is 3. The van der Waals surface area contributed by atoms with Crippen molar-refractivity contribution < 1.29 is 73.2 Å². The lowest BCUT2D eigenvalue weighted by Gasteiger charge is -2.40. The number of anilines is 2. The van der Waals surface area contributed by atoms with E-state index in [1.54, 1.807) is 6.92 Å². The number of nitrogens with zero attached hydrogens (tertiary/aromatic N) is 3. The van der Waals surface area contributed by atoms with Crippen LogP contribution in [0, 0.1) is 0 Å². The predicted octanol–water partition coefficient (Wildman–Crippen LogP) is 8.69. The van der Waals surface area contributed by atoms with Gasteiger partial charge in [-0.2, -0.15) is 39.5 Å². The molecule has 2 aromatic carbocycles. The van der Waals surface area contributed by atoms with E-state index in [1.807, 2.05) is 0 Å². The molecule has 20 heteroatoms. The monoisotopic (exact) mass is 808 g/mol. The first kappa shape index (κ1) is 43.4. The summed E-state index contributed by atoms with van der Waals surface area (Å²) in [5.41, 5.74) is -3.50. The molecule has 2 heterocycles. The highest BCUT2D eigenvalue weighted by atomic mass is 19.4. The summed E-state index contributed by atoms with van der Waals surface area (Å²) < 4.78 is 138. The summed E-state index contributed by atoms with van der Waals surface area (Å²) in [6, 6.07) is 3.32. The second kappa shape index (κ2) is 18.1. The van der Waals surface area contributed by atoms with E-state index in [-0.39, 0.29) is 85.8 Å². The summed E-state index contributed by atoms with van der Waals surface area (Å²) in [5.74, 6) is -2.07. The Kier molecular flexibility index (Phi) is 14.0. The number of carbonyl (C=O) groups is 3. The number of fused-ring (bicyclic) bond motifs is 1. The number of nitrogens with one attached hydrogen (secondary N) is 1. The molecule has 1 aliphatic rings. The minimum atomic E-state index is -5.13. The van der Waals surface area contributed by atoms with Gasteiger partial charge in [-0.15, -0.1) is 0 Å². The number of halogens is 9. The highest BCUT2D eigenvalue weighted by molar-refractivity contribution is 5.90. The molecule has 0 fully saturated rings. The second-order valence-corrected chi connectivity index (χ2v) is 12.8. The molecule has 3 aromatic rings. The fourth-order valence-corrected chi connectivity index (χ4v) is 5.98. The zero-order valence-electron chi connectivity index (χ0n) is 29.9. The zero-order valence-corrected chi connectivity index (χ0v) is 29.9. The van der Waals surface area contributed by atoms with Crippen LogP contribution in [0.25, 0.3) is 0 Å². The number of hydrogen-bond donors (Lipinski definition) is 2. The lowest BCUT2D eigenvalue weighted by Crippen LogP contribution is -2.46. The molecular formula is C36H37F9N4O7. The standard InChI is InChI=1S/C36H37F9N4O7/c1-3-25-17-27(26-14-21(18-34(37,38)39)7-8-29(26)49(25)33(53)56-11-5-10-54-20(2)50)47-32-46-19-30(55-9-4-6-31(51)52)28(48-32)15-22-12-23(35(40,41)42)16-24(13-22)36(43,44)45/h7-8,12-14,16,19,25,27H,3-6,9-11,15,17-18H2,1-2H3,(H,51,52)(H,46,47,48)/t25-,27+/m1/s1. The number of esters is 1. The van der Waals surface area contributed by atoms with Gasteiger partial charge in [-0.3, -0.25) is 14.5 Å². The summed E-state index contributed by atoms with van der Waals surface area (Å²) in [7, 11) is 0. The fraction of sp³-hybridized carbons (Fsp3) is 0.472. The largest absolute Gasteiger partial charge is 0.490 e. The minimum Gasteiger partial charge on any atom is -0.490 e. The first-order chi connectivity index (χ1) is 26.1. The van der Waals surface area contributed by atoms with Crippen molar-refractivity contribution in [3.63, 3.8) is 0 Å². The lowest BCUT2D eigenvalue weighted by atomic mass is 9.88. The number of rotatable bonds is 15. The maximum atomic E-state index is 13.7. The summed E-state index contributed by atoms with van der Waals surface area (Å²) in [6.45, 7) is 2.58.